The summed E-state index contributed by atoms with van der Waals surface area (Å²) >= 11 is 0. The van der Waals surface area contributed by atoms with Crippen molar-refractivity contribution in [2.75, 3.05) is 27.2 Å². The van der Waals surface area contributed by atoms with Crippen LogP contribution in [0, 0.1) is 11.8 Å². The molecule has 3 aliphatic rings. The van der Waals surface area contributed by atoms with Gasteiger partial charge in [0.15, 0.2) is 0 Å². The molecule has 3 saturated heterocycles. The van der Waals surface area contributed by atoms with Crippen molar-refractivity contribution in [3.05, 3.63) is 95.6 Å². The normalized spacial score (nSPS) is 24.1. The van der Waals surface area contributed by atoms with Crippen molar-refractivity contribution >= 4 is 5.91 Å². The number of alkyl halides is 3. The molecule has 5 atom stereocenters. The van der Waals surface area contributed by atoms with Gasteiger partial charge in [-0.1, -0.05) is 60.7 Å². The van der Waals surface area contributed by atoms with Crippen LogP contribution in [0.1, 0.15) is 29.0 Å². The van der Waals surface area contributed by atoms with E-state index in [0.717, 1.165) is 13.0 Å². The number of amides is 1. The smallest absolute Gasteiger partial charge is 0.496 e. The minimum absolute atomic E-state index is 0.00840. The third kappa shape index (κ3) is 5.95. The van der Waals surface area contributed by atoms with Crippen LogP contribution >= 0.6 is 0 Å². The lowest BCUT2D eigenvalue weighted by molar-refractivity contribution is -0.274. The van der Waals surface area contributed by atoms with Gasteiger partial charge in [0.1, 0.15) is 11.5 Å². The molecule has 6 rings (SSSR count). The average Bonchev–Trinajstić information content (AvgIpc) is 2.97. The van der Waals surface area contributed by atoms with Gasteiger partial charge in [0.2, 0.25) is 5.91 Å². The summed E-state index contributed by atoms with van der Waals surface area (Å²) in [5.74, 6) is 0.0480. The fourth-order valence-corrected chi connectivity index (χ4v) is 6.56. The van der Waals surface area contributed by atoms with Crippen LogP contribution in [-0.2, 0) is 11.3 Å². The summed E-state index contributed by atoms with van der Waals surface area (Å²) in [6.07, 6.45) is -3.95. The zero-order valence-corrected chi connectivity index (χ0v) is 22.5. The van der Waals surface area contributed by atoms with E-state index in [1.165, 1.54) is 36.4 Å². The molecular formula is C31H34F3N3O3. The Morgan fingerprint density at radius 2 is 1.68 bits per heavy atom. The number of hydrogen-bond acceptors (Lipinski definition) is 5. The molecule has 2 bridgehead atoms. The molecule has 3 aliphatic heterocycles. The molecule has 3 aromatic rings. The molecule has 2 N–H and O–H groups in total. The maximum absolute atomic E-state index is 13.0. The standard InChI is InChI=1S/C31H34F3N3O3/c1-35-30(38)25-19-37-16-15-24(25)28(36-18-22-17-23(40-31(32,33)34)13-14-26(22)39-2)29(37)27(20-9-5-3-6-10-20)21-11-7-4-8-12-21/h3-14,17,24-25,27-29,36H,15-16,18-19H2,1-2H3,(H,35,38). The third-order valence-electron chi connectivity index (χ3n) is 8.20. The molecule has 3 fully saturated rings. The zero-order valence-electron chi connectivity index (χ0n) is 22.5. The molecule has 40 heavy (non-hydrogen) atoms. The third-order valence-corrected chi connectivity index (χ3v) is 8.20. The van der Waals surface area contributed by atoms with Crippen molar-refractivity contribution in [3.63, 3.8) is 0 Å². The van der Waals surface area contributed by atoms with Crippen LogP contribution in [0.4, 0.5) is 13.2 Å². The molecule has 3 aromatic carbocycles. The molecule has 0 aliphatic carbocycles. The molecule has 1 amide bonds. The average molecular weight is 554 g/mol. The number of halogens is 3. The molecule has 0 spiro atoms. The van der Waals surface area contributed by atoms with Gasteiger partial charge in [-0.05, 0) is 48.2 Å². The Kier molecular flexibility index (Phi) is 8.32. The van der Waals surface area contributed by atoms with Crippen molar-refractivity contribution in [2.45, 2.75) is 37.3 Å². The molecule has 5 unspecified atom stereocenters. The predicted molar refractivity (Wildman–Crippen MR) is 146 cm³/mol. The monoisotopic (exact) mass is 553 g/mol. The Morgan fingerprint density at radius 1 is 1.02 bits per heavy atom. The number of piperidine rings is 3. The largest absolute Gasteiger partial charge is 0.573 e. The topological polar surface area (TPSA) is 62.8 Å². The minimum Gasteiger partial charge on any atom is -0.496 e. The van der Waals surface area contributed by atoms with Crippen molar-refractivity contribution in [1.29, 1.82) is 0 Å². The van der Waals surface area contributed by atoms with Gasteiger partial charge in [0, 0.05) is 43.7 Å². The lowest BCUT2D eigenvalue weighted by Gasteiger charge is -2.56. The first kappa shape index (κ1) is 28.0. The number of methoxy groups -OCH3 is 1. The summed E-state index contributed by atoms with van der Waals surface area (Å²) < 4.78 is 48.5. The second-order valence-corrected chi connectivity index (χ2v) is 10.4. The second kappa shape index (κ2) is 11.9. The summed E-state index contributed by atoms with van der Waals surface area (Å²) in [5, 5.41) is 6.51. The highest BCUT2D eigenvalue weighted by Crippen LogP contribution is 2.44. The van der Waals surface area contributed by atoms with Crippen LogP contribution < -0.4 is 20.1 Å². The molecule has 9 heteroatoms. The van der Waals surface area contributed by atoms with Gasteiger partial charge in [-0.25, -0.2) is 0 Å². The maximum atomic E-state index is 13.0. The summed E-state index contributed by atoms with van der Waals surface area (Å²) in [6.45, 7) is 1.78. The molecule has 6 nitrogen and oxygen atoms in total. The first-order valence-corrected chi connectivity index (χ1v) is 13.5. The number of nitrogens with one attached hydrogen (secondary N) is 2. The van der Waals surface area contributed by atoms with Crippen LogP contribution in [0.2, 0.25) is 0 Å². The van der Waals surface area contributed by atoms with E-state index in [-0.39, 0.29) is 48.0 Å². The van der Waals surface area contributed by atoms with Crippen molar-refractivity contribution in [3.8, 4) is 11.5 Å². The Hall–Kier alpha value is -3.56. The lowest BCUT2D eigenvalue weighted by Crippen LogP contribution is -2.69. The van der Waals surface area contributed by atoms with E-state index in [2.05, 4.69) is 44.5 Å². The Balaban J connectivity index is 1.52. The SMILES string of the molecule is CNC(=O)C1CN2CCC1C(NCc1cc(OC(F)(F)F)ccc1OC)C2C(c1ccccc1)c1ccccc1. The Labute approximate surface area is 232 Å². The molecular weight excluding hydrogens is 519 g/mol. The van der Waals surface area contributed by atoms with E-state index >= 15 is 0 Å². The summed E-state index contributed by atoms with van der Waals surface area (Å²) in [7, 11) is 3.15. The number of hydrogen-bond donors (Lipinski definition) is 2. The summed E-state index contributed by atoms with van der Waals surface area (Å²) in [5.41, 5.74) is 2.90. The quantitative estimate of drug-likeness (QED) is 0.393. The van der Waals surface area contributed by atoms with Crippen LogP contribution in [0.15, 0.2) is 78.9 Å². The molecule has 3 heterocycles. The fourth-order valence-electron chi connectivity index (χ4n) is 6.56. The number of carbonyl (C=O) groups is 1. The fraction of sp³-hybridized carbons (Fsp3) is 0.387. The van der Waals surface area contributed by atoms with E-state index in [1.54, 1.807) is 7.05 Å². The van der Waals surface area contributed by atoms with Crippen molar-refractivity contribution < 1.29 is 27.4 Å². The number of fused-ring (bicyclic) bond motifs is 3. The number of ether oxygens (including phenoxy) is 2. The van der Waals surface area contributed by atoms with Gasteiger partial charge in [0.25, 0.3) is 0 Å². The van der Waals surface area contributed by atoms with Crippen LogP contribution in [0.5, 0.6) is 11.5 Å². The van der Waals surface area contributed by atoms with E-state index in [1.807, 2.05) is 36.4 Å². The van der Waals surface area contributed by atoms with E-state index in [9.17, 15) is 18.0 Å². The Morgan fingerprint density at radius 3 is 2.25 bits per heavy atom. The highest BCUT2D eigenvalue weighted by atomic mass is 19.4. The van der Waals surface area contributed by atoms with Gasteiger partial charge >= 0.3 is 6.36 Å². The number of carbonyl (C=O) groups excluding carboxylic acids is 1. The van der Waals surface area contributed by atoms with Crippen molar-refractivity contribution in [1.82, 2.24) is 15.5 Å². The lowest BCUT2D eigenvalue weighted by atomic mass is 9.66. The van der Waals surface area contributed by atoms with Gasteiger partial charge < -0.3 is 20.1 Å². The molecule has 0 radical (unpaired) electrons. The van der Waals surface area contributed by atoms with E-state index < -0.39 is 6.36 Å². The molecule has 212 valence electrons. The number of benzene rings is 3. The highest BCUT2D eigenvalue weighted by molar-refractivity contribution is 5.79. The van der Waals surface area contributed by atoms with Crippen LogP contribution in [0.3, 0.4) is 0 Å². The Bertz CT molecular complexity index is 1250. The van der Waals surface area contributed by atoms with Crippen molar-refractivity contribution in [2.24, 2.45) is 11.8 Å². The molecule has 0 aromatic heterocycles. The zero-order chi connectivity index (χ0) is 28.3. The van der Waals surface area contributed by atoms with E-state index in [0.29, 0.717) is 17.9 Å². The summed E-state index contributed by atoms with van der Waals surface area (Å²) in [4.78, 5) is 15.4. The maximum Gasteiger partial charge on any atom is 0.573 e. The number of rotatable bonds is 9. The molecule has 0 saturated carbocycles. The minimum atomic E-state index is -4.79. The van der Waals surface area contributed by atoms with Gasteiger partial charge in [-0.2, -0.15) is 0 Å². The first-order valence-electron chi connectivity index (χ1n) is 13.5. The predicted octanol–water partition coefficient (Wildman–Crippen LogP) is 4.95. The first-order chi connectivity index (χ1) is 19.3. The van der Waals surface area contributed by atoms with Crippen LogP contribution in [0.25, 0.3) is 0 Å². The second-order valence-electron chi connectivity index (χ2n) is 10.4. The van der Waals surface area contributed by atoms with Gasteiger partial charge in [-0.3, -0.25) is 9.69 Å². The highest BCUT2D eigenvalue weighted by Gasteiger charge is 2.52. The van der Waals surface area contributed by atoms with Gasteiger partial charge in [-0.15, -0.1) is 13.2 Å². The van der Waals surface area contributed by atoms with Gasteiger partial charge in [0.05, 0.1) is 13.0 Å². The summed E-state index contributed by atoms with van der Waals surface area (Å²) in [6, 6.07) is 24.7. The van der Waals surface area contributed by atoms with E-state index in [4.69, 9.17) is 4.74 Å². The number of nitrogens with zero attached hydrogens (tertiary/aromatic N) is 1. The van der Waals surface area contributed by atoms with Crippen LogP contribution in [-0.4, -0.2) is 56.5 Å².